The van der Waals surface area contributed by atoms with Gasteiger partial charge in [0.2, 0.25) is 0 Å². The van der Waals surface area contributed by atoms with Gasteiger partial charge in [-0.25, -0.2) is 0 Å². The Morgan fingerprint density at radius 3 is 2.50 bits per heavy atom. The van der Waals surface area contributed by atoms with E-state index >= 15 is 0 Å². The number of benzene rings is 1. The van der Waals surface area contributed by atoms with Crippen molar-refractivity contribution in [3.63, 3.8) is 0 Å². The lowest BCUT2D eigenvalue weighted by atomic mass is 10.2. The molecule has 0 saturated carbocycles. The van der Waals surface area contributed by atoms with E-state index < -0.39 is 18.0 Å². The Labute approximate surface area is 122 Å². The summed E-state index contributed by atoms with van der Waals surface area (Å²) in [6.45, 7) is 0.581. The number of ether oxygens (including phenoxy) is 2. The first-order chi connectivity index (χ1) is 9.61. The van der Waals surface area contributed by atoms with Crippen molar-refractivity contribution in [3.05, 3.63) is 35.9 Å². The van der Waals surface area contributed by atoms with E-state index in [-0.39, 0.29) is 25.3 Å². The molecule has 20 heavy (non-hydrogen) atoms. The first kappa shape index (κ1) is 16.5. The van der Waals surface area contributed by atoms with Crippen LogP contribution in [0.2, 0.25) is 0 Å². The average Bonchev–Trinajstić information content (AvgIpc) is 2.45. The topological polar surface area (TPSA) is 72.8 Å². The molecule has 0 fully saturated rings. The number of carboxylic acid groups (broad SMARTS) is 1. The van der Waals surface area contributed by atoms with Gasteiger partial charge in [0, 0.05) is 0 Å². The Bertz CT molecular complexity index is 421. The molecule has 0 spiro atoms. The van der Waals surface area contributed by atoms with Crippen LogP contribution < -0.4 is 0 Å². The zero-order valence-electron chi connectivity index (χ0n) is 11.0. The molecule has 1 rings (SSSR count). The summed E-state index contributed by atoms with van der Waals surface area (Å²) < 4.78 is 10.5. The normalized spacial score (nSPS) is 11.8. The van der Waals surface area contributed by atoms with E-state index in [1.807, 2.05) is 30.3 Å². The number of carbonyl (C=O) groups excluding carboxylic acids is 1. The fourth-order valence-corrected chi connectivity index (χ4v) is 1.60. The lowest BCUT2D eigenvalue weighted by Gasteiger charge is -2.15. The number of carboxylic acids is 1. The standard InChI is InChI=1S/C14H17ClO5/c15-8-12(20-14(18)7-6-13(16)17)10-19-9-11-4-2-1-3-5-11/h1-5,12H,6-10H2,(H,16,17). The predicted molar refractivity (Wildman–Crippen MR) is 73.6 cm³/mol. The molecule has 0 bridgehead atoms. The van der Waals surface area contributed by atoms with Gasteiger partial charge in [0.05, 0.1) is 31.9 Å². The molecular formula is C14H17ClO5. The monoisotopic (exact) mass is 300 g/mol. The van der Waals surface area contributed by atoms with Crippen molar-refractivity contribution in [2.75, 3.05) is 12.5 Å². The highest BCUT2D eigenvalue weighted by atomic mass is 35.5. The van der Waals surface area contributed by atoms with Gasteiger partial charge < -0.3 is 14.6 Å². The zero-order chi connectivity index (χ0) is 14.8. The van der Waals surface area contributed by atoms with Gasteiger partial charge in [0.15, 0.2) is 0 Å². The summed E-state index contributed by atoms with van der Waals surface area (Å²) in [6.07, 6.45) is -0.984. The summed E-state index contributed by atoms with van der Waals surface area (Å²) >= 11 is 5.68. The fourth-order valence-electron chi connectivity index (χ4n) is 1.45. The van der Waals surface area contributed by atoms with Gasteiger partial charge >= 0.3 is 11.9 Å². The highest BCUT2D eigenvalue weighted by Crippen LogP contribution is 2.05. The molecule has 0 heterocycles. The zero-order valence-corrected chi connectivity index (χ0v) is 11.7. The average molecular weight is 301 g/mol. The van der Waals surface area contributed by atoms with Crippen LogP contribution in [0.1, 0.15) is 18.4 Å². The van der Waals surface area contributed by atoms with Crippen LogP contribution in [0.5, 0.6) is 0 Å². The minimum atomic E-state index is -1.04. The Morgan fingerprint density at radius 1 is 1.20 bits per heavy atom. The van der Waals surface area contributed by atoms with E-state index in [1.165, 1.54) is 0 Å². The van der Waals surface area contributed by atoms with Gasteiger partial charge in [-0.2, -0.15) is 0 Å². The van der Waals surface area contributed by atoms with Crippen LogP contribution in [0.25, 0.3) is 0 Å². The predicted octanol–water partition coefficient (Wildman–Crippen LogP) is 2.22. The molecule has 1 N–H and O–H groups in total. The van der Waals surface area contributed by atoms with Crippen molar-refractivity contribution in [3.8, 4) is 0 Å². The highest BCUT2D eigenvalue weighted by molar-refractivity contribution is 6.18. The molecule has 110 valence electrons. The van der Waals surface area contributed by atoms with Gasteiger partial charge in [-0.3, -0.25) is 9.59 Å². The van der Waals surface area contributed by atoms with Crippen molar-refractivity contribution < 1.29 is 24.2 Å². The summed E-state index contributed by atoms with van der Waals surface area (Å²) in [5.41, 5.74) is 1.01. The lowest BCUT2D eigenvalue weighted by molar-refractivity contribution is -0.153. The Kier molecular flexibility index (Phi) is 7.69. The second kappa shape index (κ2) is 9.34. The molecule has 0 saturated heterocycles. The highest BCUT2D eigenvalue weighted by Gasteiger charge is 2.14. The number of alkyl halides is 1. The summed E-state index contributed by atoms with van der Waals surface area (Å²) in [7, 11) is 0. The quantitative estimate of drug-likeness (QED) is 0.559. The molecule has 1 unspecified atom stereocenters. The lowest BCUT2D eigenvalue weighted by Crippen LogP contribution is -2.25. The molecule has 0 aromatic heterocycles. The molecule has 1 atom stereocenters. The molecule has 6 heteroatoms. The molecule has 1 aromatic carbocycles. The maximum Gasteiger partial charge on any atom is 0.306 e. The molecule has 1 aromatic rings. The van der Waals surface area contributed by atoms with E-state index in [0.717, 1.165) is 5.56 Å². The third kappa shape index (κ3) is 7.11. The van der Waals surface area contributed by atoms with Crippen LogP contribution in [-0.4, -0.2) is 35.6 Å². The summed E-state index contributed by atoms with van der Waals surface area (Å²) in [4.78, 5) is 21.7. The van der Waals surface area contributed by atoms with Crippen molar-refractivity contribution in [2.45, 2.75) is 25.6 Å². The summed E-state index contributed by atoms with van der Waals surface area (Å²) in [5.74, 6) is -1.51. The van der Waals surface area contributed by atoms with Crippen LogP contribution in [-0.2, 0) is 25.7 Å². The van der Waals surface area contributed by atoms with Crippen LogP contribution in [0.3, 0.4) is 0 Å². The van der Waals surface area contributed by atoms with Crippen molar-refractivity contribution in [1.82, 2.24) is 0 Å². The number of hydrogen-bond donors (Lipinski definition) is 1. The minimum absolute atomic E-state index is 0.105. The minimum Gasteiger partial charge on any atom is -0.481 e. The summed E-state index contributed by atoms with van der Waals surface area (Å²) in [5, 5.41) is 8.46. The molecular weight excluding hydrogens is 284 g/mol. The smallest absolute Gasteiger partial charge is 0.306 e. The fraction of sp³-hybridized carbons (Fsp3) is 0.429. The van der Waals surface area contributed by atoms with Gasteiger partial charge in [-0.1, -0.05) is 30.3 Å². The van der Waals surface area contributed by atoms with Crippen LogP contribution in [0, 0.1) is 0 Å². The number of halogens is 1. The third-order valence-electron chi connectivity index (χ3n) is 2.43. The van der Waals surface area contributed by atoms with E-state index in [2.05, 4.69) is 0 Å². The maximum atomic E-state index is 11.4. The number of rotatable bonds is 9. The second-order valence-electron chi connectivity index (χ2n) is 4.16. The van der Waals surface area contributed by atoms with E-state index in [9.17, 15) is 9.59 Å². The van der Waals surface area contributed by atoms with Crippen molar-refractivity contribution in [1.29, 1.82) is 0 Å². The van der Waals surface area contributed by atoms with Crippen LogP contribution in [0.4, 0.5) is 0 Å². The van der Waals surface area contributed by atoms with Gasteiger partial charge in [0.25, 0.3) is 0 Å². The molecule has 0 aliphatic heterocycles. The summed E-state index contributed by atoms with van der Waals surface area (Å²) in [6, 6.07) is 9.58. The number of esters is 1. The third-order valence-corrected chi connectivity index (χ3v) is 2.77. The Morgan fingerprint density at radius 2 is 1.90 bits per heavy atom. The Hall–Kier alpha value is -1.59. The van der Waals surface area contributed by atoms with Gasteiger partial charge in [-0.05, 0) is 5.56 Å². The van der Waals surface area contributed by atoms with Gasteiger partial charge in [-0.15, -0.1) is 11.6 Å². The molecule has 0 amide bonds. The van der Waals surface area contributed by atoms with E-state index in [0.29, 0.717) is 6.61 Å². The first-order valence-corrected chi connectivity index (χ1v) is 6.74. The van der Waals surface area contributed by atoms with Crippen LogP contribution in [0.15, 0.2) is 30.3 Å². The van der Waals surface area contributed by atoms with Crippen molar-refractivity contribution >= 4 is 23.5 Å². The molecule has 0 aliphatic rings. The van der Waals surface area contributed by atoms with E-state index in [1.54, 1.807) is 0 Å². The number of aliphatic carboxylic acids is 1. The largest absolute Gasteiger partial charge is 0.481 e. The molecule has 5 nitrogen and oxygen atoms in total. The number of carbonyl (C=O) groups is 2. The first-order valence-electron chi connectivity index (χ1n) is 6.20. The number of hydrogen-bond acceptors (Lipinski definition) is 4. The van der Waals surface area contributed by atoms with Crippen molar-refractivity contribution in [2.24, 2.45) is 0 Å². The SMILES string of the molecule is O=C(O)CCC(=O)OC(CCl)COCc1ccccc1. The Balaban J connectivity index is 2.25. The van der Waals surface area contributed by atoms with Crippen LogP contribution >= 0.6 is 11.6 Å². The van der Waals surface area contributed by atoms with Gasteiger partial charge in [0.1, 0.15) is 6.10 Å². The maximum absolute atomic E-state index is 11.4. The van der Waals surface area contributed by atoms with E-state index in [4.69, 9.17) is 26.2 Å². The molecule has 0 radical (unpaired) electrons. The second-order valence-corrected chi connectivity index (χ2v) is 4.47. The molecule has 0 aliphatic carbocycles.